The molecular weight excluding hydrogens is 250 g/mol. The zero-order chi connectivity index (χ0) is 12.8. The third-order valence-corrected chi connectivity index (χ3v) is 6.49. The first kappa shape index (κ1) is 12.2. The molecule has 4 nitrogen and oxygen atoms in total. The summed E-state index contributed by atoms with van der Waals surface area (Å²) in [4.78, 5) is 0. The van der Waals surface area contributed by atoms with Crippen LogP contribution < -0.4 is 0 Å². The fraction of sp³-hybridized carbons (Fsp3) is 0.692. The summed E-state index contributed by atoms with van der Waals surface area (Å²) in [6, 6.07) is 1.95. The molecule has 0 spiro atoms. The van der Waals surface area contributed by atoms with Crippen LogP contribution in [0, 0.1) is 0 Å². The van der Waals surface area contributed by atoms with E-state index in [0.29, 0.717) is 12.3 Å². The lowest BCUT2D eigenvalue weighted by atomic mass is 9.95. The molecule has 1 aromatic heterocycles. The predicted molar refractivity (Wildman–Crippen MR) is 69.1 cm³/mol. The highest BCUT2D eigenvalue weighted by atomic mass is 32.2. The minimum atomic E-state index is -2.89. The zero-order valence-electron chi connectivity index (χ0n) is 10.4. The SMILES string of the molecule is O=S1(=O)CCCC1Cn1ccc2c1CCCC2O. The van der Waals surface area contributed by atoms with Crippen LogP contribution in [0.2, 0.25) is 0 Å². The lowest BCUT2D eigenvalue weighted by Gasteiger charge is -2.21. The smallest absolute Gasteiger partial charge is 0.154 e. The Bertz CT molecular complexity index is 547. The quantitative estimate of drug-likeness (QED) is 0.883. The van der Waals surface area contributed by atoms with Crippen molar-refractivity contribution in [2.45, 2.75) is 50.0 Å². The Hall–Kier alpha value is -0.810. The highest BCUT2D eigenvalue weighted by Gasteiger charge is 2.32. The van der Waals surface area contributed by atoms with Gasteiger partial charge in [0.15, 0.2) is 9.84 Å². The van der Waals surface area contributed by atoms with Crippen LogP contribution in [-0.4, -0.2) is 29.1 Å². The Kier molecular flexibility index (Phi) is 2.98. The first-order chi connectivity index (χ1) is 8.58. The molecule has 1 aliphatic heterocycles. The van der Waals surface area contributed by atoms with Crippen molar-refractivity contribution in [3.05, 3.63) is 23.5 Å². The van der Waals surface area contributed by atoms with Crippen LogP contribution in [0.1, 0.15) is 43.0 Å². The number of aromatic nitrogens is 1. The fourth-order valence-electron chi connectivity index (χ4n) is 3.19. The normalized spacial score (nSPS) is 30.3. The molecule has 1 N–H and O–H groups in total. The highest BCUT2D eigenvalue weighted by Crippen LogP contribution is 2.31. The largest absolute Gasteiger partial charge is 0.388 e. The molecule has 100 valence electrons. The molecule has 1 fully saturated rings. The minimum Gasteiger partial charge on any atom is -0.388 e. The first-order valence-electron chi connectivity index (χ1n) is 6.65. The molecule has 1 aliphatic carbocycles. The van der Waals surface area contributed by atoms with Crippen LogP contribution in [-0.2, 0) is 22.8 Å². The van der Waals surface area contributed by atoms with E-state index < -0.39 is 9.84 Å². The van der Waals surface area contributed by atoms with Crippen LogP contribution in [0.25, 0.3) is 0 Å². The second-order valence-electron chi connectivity index (χ2n) is 5.41. The van der Waals surface area contributed by atoms with E-state index in [-0.39, 0.29) is 11.4 Å². The maximum absolute atomic E-state index is 11.9. The van der Waals surface area contributed by atoms with Gasteiger partial charge >= 0.3 is 0 Å². The van der Waals surface area contributed by atoms with Gasteiger partial charge in [0, 0.05) is 24.0 Å². The number of sulfone groups is 1. The molecule has 0 aromatic carbocycles. The van der Waals surface area contributed by atoms with E-state index in [4.69, 9.17) is 0 Å². The van der Waals surface area contributed by atoms with Crippen molar-refractivity contribution in [3.63, 3.8) is 0 Å². The Labute approximate surface area is 108 Å². The summed E-state index contributed by atoms with van der Waals surface area (Å²) in [6.45, 7) is 0.560. The second-order valence-corrected chi connectivity index (χ2v) is 7.81. The van der Waals surface area contributed by atoms with E-state index >= 15 is 0 Å². The summed E-state index contributed by atoms with van der Waals surface area (Å²) in [5.74, 6) is 0.337. The summed E-state index contributed by atoms with van der Waals surface area (Å²) in [7, 11) is -2.89. The molecule has 0 bridgehead atoms. The third-order valence-electron chi connectivity index (χ3n) is 4.23. The Balaban J connectivity index is 1.86. The van der Waals surface area contributed by atoms with Crippen molar-refractivity contribution < 1.29 is 13.5 Å². The number of nitrogens with zero attached hydrogens (tertiary/aromatic N) is 1. The van der Waals surface area contributed by atoms with Crippen molar-refractivity contribution in [1.82, 2.24) is 4.57 Å². The maximum Gasteiger partial charge on any atom is 0.154 e. The van der Waals surface area contributed by atoms with Gasteiger partial charge in [0.05, 0.1) is 17.1 Å². The van der Waals surface area contributed by atoms with Gasteiger partial charge in [-0.15, -0.1) is 0 Å². The molecule has 1 saturated heterocycles. The number of aliphatic hydroxyl groups is 1. The van der Waals surface area contributed by atoms with E-state index in [1.165, 1.54) is 0 Å². The van der Waals surface area contributed by atoms with Gasteiger partial charge in [0.25, 0.3) is 0 Å². The molecule has 1 aromatic rings. The summed E-state index contributed by atoms with van der Waals surface area (Å²) >= 11 is 0. The lowest BCUT2D eigenvalue weighted by Crippen LogP contribution is -2.23. The van der Waals surface area contributed by atoms with Crippen LogP contribution in [0.5, 0.6) is 0 Å². The minimum absolute atomic E-state index is 0.229. The number of hydrogen-bond acceptors (Lipinski definition) is 3. The molecule has 3 rings (SSSR count). The van der Waals surface area contributed by atoms with Crippen LogP contribution in [0.4, 0.5) is 0 Å². The molecule has 2 aliphatic rings. The van der Waals surface area contributed by atoms with Gasteiger partial charge in [-0.1, -0.05) is 0 Å². The summed E-state index contributed by atoms with van der Waals surface area (Å²) in [5, 5.41) is 9.68. The Morgan fingerprint density at radius 1 is 1.33 bits per heavy atom. The Morgan fingerprint density at radius 2 is 2.17 bits per heavy atom. The predicted octanol–water partition coefficient (Wildman–Crippen LogP) is 1.44. The molecule has 5 heteroatoms. The molecule has 0 amide bonds. The van der Waals surface area contributed by atoms with E-state index in [1.807, 2.05) is 16.8 Å². The van der Waals surface area contributed by atoms with Gasteiger partial charge in [0.1, 0.15) is 0 Å². The highest BCUT2D eigenvalue weighted by molar-refractivity contribution is 7.92. The monoisotopic (exact) mass is 269 g/mol. The van der Waals surface area contributed by atoms with Gasteiger partial charge in [-0.2, -0.15) is 0 Å². The van der Waals surface area contributed by atoms with E-state index in [1.54, 1.807) is 0 Å². The number of rotatable bonds is 2. The zero-order valence-corrected chi connectivity index (χ0v) is 11.2. The Morgan fingerprint density at radius 3 is 2.89 bits per heavy atom. The molecule has 18 heavy (non-hydrogen) atoms. The number of fused-ring (bicyclic) bond motifs is 1. The van der Waals surface area contributed by atoms with Crippen molar-refractivity contribution in [2.24, 2.45) is 0 Å². The molecular formula is C13H19NO3S. The standard InChI is InChI=1S/C13H19NO3S/c15-13-5-1-4-12-11(13)6-7-14(12)9-10-3-2-8-18(10,16)17/h6-7,10,13,15H,1-5,8-9H2. The lowest BCUT2D eigenvalue weighted by molar-refractivity contribution is 0.155. The van der Waals surface area contributed by atoms with Gasteiger partial charge in [-0.25, -0.2) is 8.42 Å². The average Bonchev–Trinajstić information content (AvgIpc) is 2.86. The second kappa shape index (κ2) is 4.38. The molecule has 0 saturated carbocycles. The molecule has 2 unspecified atom stereocenters. The van der Waals surface area contributed by atoms with Gasteiger partial charge < -0.3 is 9.67 Å². The van der Waals surface area contributed by atoms with Crippen LogP contribution in [0.15, 0.2) is 12.3 Å². The topological polar surface area (TPSA) is 59.3 Å². The molecule has 0 radical (unpaired) electrons. The van der Waals surface area contributed by atoms with Gasteiger partial charge in [-0.05, 0) is 38.2 Å². The number of aliphatic hydroxyl groups excluding tert-OH is 1. The van der Waals surface area contributed by atoms with Crippen molar-refractivity contribution in [1.29, 1.82) is 0 Å². The van der Waals surface area contributed by atoms with Gasteiger partial charge in [-0.3, -0.25) is 0 Å². The summed E-state index contributed by atoms with van der Waals surface area (Å²) < 4.78 is 25.8. The summed E-state index contributed by atoms with van der Waals surface area (Å²) in [5.41, 5.74) is 2.13. The molecule has 2 heterocycles. The summed E-state index contributed by atoms with van der Waals surface area (Å²) in [6.07, 6.45) is 5.89. The fourth-order valence-corrected chi connectivity index (χ4v) is 5.00. The molecule has 2 atom stereocenters. The number of hydrogen-bond donors (Lipinski definition) is 1. The van der Waals surface area contributed by atoms with E-state index in [2.05, 4.69) is 0 Å². The van der Waals surface area contributed by atoms with E-state index in [9.17, 15) is 13.5 Å². The van der Waals surface area contributed by atoms with Crippen LogP contribution >= 0.6 is 0 Å². The van der Waals surface area contributed by atoms with Crippen molar-refractivity contribution >= 4 is 9.84 Å². The average molecular weight is 269 g/mol. The van der Waals surface area contributed by atoms with Crippen molar-refractivity contribution in [2.75, 3.05) is 5.75 Å². The van der Waals surface area contributed by atoms with Crippen molar-refractivity contribution in [3.8, 4) is 0 Å². The first-order valence-corrected chi connectivity index (χ1v) is 8.37. The van der Waals surface area contributed by atoms with Gasteiger partial charge in [0.2, 0.25) is 0 Å². The van der Waals surface area contributed by atoms with E-state index in [0.717, 1.165) is 43.4 Å². The van der Waals surface area contributed by atoms with Crippen LogP contribution in [0.3, 0.4) is 0 Å². The maximum atomic E-state index is 11.9. The third kappa shape index (κ3) is 1.99.